The fraction of sp³-hybridized carbons (Fsp3) is 0.500. The Morgan fingerprint density at radius 1 is 0.923 bits per heavy atom. The fourth-order valence-electron chi connectivity index (χ4n) is 5.95. The molecule has 8 nitrogen and oxygen atoms in total. The smallest absolute Gasteiger partial charge is 0.247 e. The Morgan fingerprint density at radius 2 is 1.59 bits per heavy atom. The number of morpholine rings is 1. The second-order valence-electron chi connectivity index (χ2n) is 10.8. The zero-order chi connectivity index (χ0) is 27.2. The number of amides is 2. The molecule has 2 amide bonds. The van der Waals surface area contributed by atoms with Crippen LogP contribution in [0, 0.1) is 11.8 Å². The van der Waals surface area contributed by atoms with E-state index < -0.39 is 0 Å². The predicted molar refractivity (Wildman–Crippen MR) is 153 cm³/mol. The number of likely N-dealkylation sites (tertiary alicyclic amines) is 2. The van der Waals surface area contributed by atoms with Gasteiger partial charge >= 0.3 is 0 Å². The van der Waals surface area contributed by atoms with Gasteiger partial charge in [0.15, 0.2) is 0 Å². The van der Waals surface area contributed by atoms with Crippen molar-refractivity contribution in [1.82, 2.24) is 19.7 Å². The normalized spacial score (nSPS) is 20.3. The molecule has 9 heteroatoms. The van der Waals surface area contributed by atoms with Gasteiger partial charge in [-0.05, 0) is 85.7 Å². The number of pyridine rings is 1. The molecule has 3 aliphatic rings. The van der Waals surface area contributed by atoms with Gasteiger partial charge in [-0.1, -0.05) is 23.7 Å². The van der Waals surface area contributed by atoms with Crippen LogP contribution < -0.4 is 5.73 Å². The number of carbonyl (C=O) groups is 2. The Kier molecular flexibility index (Phi) is 9.17. The van der Waals surface area contributed by atoms with E-state index in [1.165, 1.54) is 0 Å². The summed E-state index contributed by atoms with van der Waals surface area (Å²) in [4.78, 5) is 36.9. The number of allylic oxidation sites excluding steroid dienone is 1. The quantitative estimate of drug-likeness (QED) is 0.550. The first-order valence-electron chi connectivity index (χ1n) is 14.0. The van der Waals surface area contributed by atoms with E-state index in [9.17, 15) is 9.59 Å². The highest BCUT2D eigenvalue weighted by Gasteiger charge is 2.32. The molecule has 2 aromatic rings. The third-order valence-electron chi connectivity index (χ3n) is 8.21. The van der Waals surface area contributed by atoms with Crippen LogP contribution in [0.1, 0.15) is 36.8 Å². The van der Waals surface area contributed by atoms with Crippen LogP contribution in [0.5, 0.6) is 0 Å². The number of aromatic nitrogens is 1. The Balaban J connectivity index is 1.17. The van der Waals surface area contributed by atoms with E-state index in [1.54, 1.807) is 6.20 Å². The van der Waals surface area contributed by atoms with Crippen molar-refractivity contribution >= 4 is 34.8 Å². The first-order valence-corrected chi connectivity index (χ1v) is 14.4. The van der Waals surface area contributed by atoms with Gasteiger partial charge in [0.05, 0.1) is 13.2 Å². The van der Waals surface area contributed by atoms with Gasteiger partial charge < -0.3 is 20.3 Å². The summed E-state index contributed by atoms with van der Waals surface area (Å²) >= 11 is 6.15. The molecular weight excluding hydrogens is 514 g/mol. The van der Waals surface area contributed by atoms with E-state index in [0.29, 0.717) is 37.1 Å². The number of nitrogens with zero attached hydrogens (tertiary/aromatic N) is 4. The van der Waals surface area contributed by atoms with E-state index in [1.807, 2.05) is 52.3 Å². The van der Waals surface area contributed by atoms with Gasteiger partial charge in [0.2, 0.25) is 11.8 Å². The lowest BCUT2D eigenvalue weighted by molar-refractivity contribution is -0.138. The number of nitrogen functional groups attached to an aromatic ring is 1. The average Bonchev–Trinajstić information content (AvgIpc) is 2.97. The van der Waals surface area contributed by atoms with Gasteiger partial charge in [0.25, 0.3) is 0 Å². The van der Waals surface area contributed by atoms with Gasteiger partial charge in [-0.25, -0.2) is 4.98 Å². The summed E-state index contributed by atoms with van der Waals surface area (Å²) in [5, 5.41) is 0.675. The summed E-state index contributed by atoms with van der Waals surface area (Å²) in [5.41, 5.74) is 9.04. The fourth-order valence-corrected chi connectivity index (χ4v) is 6.07. The van der Waals surface area contributed by atoms with Gasteiger partial charge in [0, 0.05) is 55.9 Å². The Labute approximate surface area is 235 Å². The predicted octanol–water partition coefficient (Wildman–Crippen LogP) is 3.71. The third kappa shape index (κ3) is 7.18. The van der Waals surface area contributed by atoms with E-state index >= 15 is 0 Å². The number of ether oxygens (including phenoxy) is 1. The van der Waals surface area contributed by atoms with Crippen LogP contribution in [0.4, 0.5) is 5.82 Å². The number of rotatable bonds is 6. The third-order valence-corrected chi connectivity index (χ3v) is 8.47. The Bertz CT molecular complexity index is 1170. The molecule has 0 spiro atoms. The molecule has 0 atom stereocenters. The van der Waals surface area contributed by atoms with Crippen molar-refractivity contribution < 1.29 is 14.3 Å². The second-order valence-corrected chi connectivity index (χ2v) is 11.2. The highest BCUT2D eigenvalue weighted by atomic mass is 35.5. The molecule has 0 bridgehead atoms. The molecule has 0 aliphatic carbocycles. The highest BCUT2D eigenvalue weighted by Crippen LogP contribution is 2.34. The molecule has 0 radical (unpaired) electrons. The number of anilines is 1. The second kappa shape index (κ2) is 12.9. The lowest BCUT2D eigenvalue weighted by Crippen LogP contribution is -2.45. The average molecular weight is 552 g/mol. The molecule has 1 aromatic carbocycles. The molecule has 0 saturated carbocycles. The number of hydrogen-bond donors (Lipinski definition) is 1. The summed E-state index contributed by atoms with van der Waals surface area (Å²) in [6.45, 7) is 6.47. The minimum atomic E-state index is 0.0305. The Morgan fingerprint density at radius 3 is 2.26 bits per heavy atom. The summed E-state index contributed by atoms with van der Waals surface area (Å²) in [5.74, 6) is 1.15. The highest BCUT2D eigenvalue weighted by molar-refractivity contribution is 6.30. The standard InChI is InChI=1S/C30H38ClN5O3/c31-26-3-1-23(2-4-26)27(20-29(37)35-15-17-39-18-16-35)24-8-13-36(14-9-24)30(38)25-6-11-34(12-7-25)21-22-5-10-33-28(32)19-22/h1-5,10,19-20,24-25H,6-9,11-18,21H2,(H2,32,33). The number of nitrogens with two attached hydrogens (primary N) is 1. The van der Waals surface area contributed by atoms with Crippen LogP contribution in [-0.2, 0) is 20.9 Å². The number of benzene rings is 1. The Hall–Kier alpha value is -2.94. The lowest BCUT2D eigenvalue weighted by Gasteiger charge is -2.38. The van der Waals surface area contributed by atoms with Gasteiger partial charge in [-0.15, -0.1) is 0 Å². The van der Waals surface area contributed by atoms with Crippen LogP contribution in [0.3, 0.4) is 0 Å². The van der Waals surface area contributed by atoms with Crippen LogP contribution in [0.25, 0.3) is 5.57 Å². The number of carbonyl (C=O) groups excluding carboxylic acids is 2. The molecule has 3 saturated heterocycles. The zero-order valence-corrected chi connectivity index (χ0v) is 23.2. The van der Waals surface area contributed by atoms with Crippen molar-refractivity contribution in [2.45, 2.75) is 32.2 Å². The minimum Gasteiger partial charge on any atom is -0.384 e. The summed E-state index contributed by atoms with van der Waals surface area (Å²) in [6, 6.07) is 11.7. The molecule has 1 aromatic heterocycles. The van der Waals surface area contributed by atoms with Crippen molar-refractivity contribution in [2.75, 3.05) is 58.2 Å². The van der Waals surface area contributed by atoms with Crippen LogP contribution in [-0.4, -0.2) is 84.0 Å². The summed E-state index contributed by atoms with van der Waals surface area (Å²) in [7, 11) is 0. The monoisotopic (exact) mass is 551 g/mol. The van der Waals surface area contributed by atoms with Gasteiger partial charge in [0.1, 0.15) is 5.82 Å². The minimum absolute atomic E-state index is 0.0305. The van der Waals surface area contributed by atoms with Crippen LogP contribution >= 0.6 is 11.6 Å². The molecule has 2 N–H and O–H groups in total. The number of piperidine rings is 2. The summed E-state index contributed by atoms with van der Waals surface area (Å²) < 4.78 is 5.41. The maximum atomic E-state index is 13.4. The van der Waals surface area contributed by atoms with Crippen LogP contribution in [0.2, 0.25) is 5.02 Å². The number of halogens is 1. The molecular formula is C30H38ClN5O3. The SMILES string of the molecule is Nc1cc(CN2CCC(C(=O)N3CCC(C(=CC(=O)N4CCOCC4)c4ccc(Cl)cc4)CC3)CC2)ccn1. The van der Waals surface area contributed by atoms with Crippen molar-refractivity contribution in [1.29, 1.82) is 0 Å². The topological polar surface area (TPSA) is 92.0 Å². The maximum Gasteiger partial charge on any atom is 0.247 e. The molecule has 0 unspecified atom stereocenters. The molecule has 4 heterocycles. The lowest BCUT2D eigenvalue weighted by atomic mass is 9.84. The van der Waals surface area contributed by atoms with E-state index in [-0.39, 0.29) is 23.7 Å². The van der Waals surface area contributed by atoms with Crippen molar-refractivity contribution in [2.24, 2.45) is 11.8 Å². The zero-order valence-electron chi connectivity index (χ0n) is 22.4. The van der Waals surface area contributed by atoms with E-state index in [2.05, 4.69) is 9.88 Å². The van der Waals surface area contributed by atoms with Crippen LogP contribution in [0.15, 0.2) is 48.7 Å². The molecule has 5 rings (SSSR count). The molecule has 208 valence electrons. The van der Waals surface area contributed by atoms with Gasteiger partial charge in [-0.3, -0.25) is 14.5 Å². The molecule has 3 aliphatic heterocycles. The molecule has 39 heavy (non-hydrogen) atoms. The maximum absolute atomic E-state index is 13.4. The first kappa shape index (κ1) is 27.6. The van der Waals surface area contributed by atoms with E-state index in [0.717, 1.165) is 75.1 Å². The van der Waals surface area contributed by atoms with Crippen molar-refractivity contribution in [3.8, 4) is 0 Å². The summed E-state index contributed by atoms with van der Waals surface area (Å²) in [6.07, 6.45) is 7.00. The largest absolute Gasteiger partial charge is 0.384 e. The molecule has 3 fully saturated rings. The first-order chi connectivity index (χ1) is 19.0. The van der Waals surface area contributed by atoms with Gasteiger partial charge in [-0.2, -0.15) is 0 Å². The number of hydrogen-bond acceptors (Lipinski definition) is 6. The van der Waals surface area contributed by atoms with E-state index in [4.69, 9.17) is 22.1 Å². The van der Waals surface area contributed by atoms with Crippen molar-refractivity contribution in [3.05, 3.63) is 64.8 Å². The van der Waals surface area contributed by atoms with Crippen molar-refractivity contribution in [3.63, 3.8) is 0 Å².